The van der Waals surface area contributed by atoms with Crippen LogP contribution in [0.3, 0.4) is 0 Å². The number of amides is 2. The molecular formula is C97H128Cl4N18O7. The van der Waals surface area contributed by atoms with Crippen molar-refractivity contribution >= 4 is 122 Å². The molecule has 12 heterocycles. The molecule has 676 valence electrons. The van der Waals surface area contributed by atoms with Gasteiger partial charge < -0.3 is 31.2 Å². The van der Waals surface area contributed by atoms with E-state index in [1.807, 2.05) is 183 Å². The number of fused-ring (bicyclic) bond motifs is 6. The van der Waals surface area contributed by atoms with Crippen LogP contribution in [-0.2, 0) is 61.6 Å². The maximum absolute atomic E-state index is 13.5. The largest absolute Gasteiger partial charge is 0.444 e. The van der Waals surface area contributed by atoms with Gasteiger partial charge in [0.15, 0.2) is 0 Å². The molecule has 12 aromatic rings. The Balaban J connectivity index is 0.000000196. The Morgan fingerprint density at radius 2 is 0.770 bits per heavy atom. The lowest BCUT2D eigenvalue weighted by Gasteiger charge is -2.44. The average Bonchev–Trinajstić information content (AvgIpc) is 1.56. The van der Waals surface area contributed by atoms with E-state index in [4.69, 9.17) is 26.8 Å². The van der Waals surface area contributed by atoms with Crippen LogP contribution in [0, 0.1) is 0 Å². The number of nitrogens with zero attached hydrogens (tertiary/aromatic N) is 14. The molecule has 2 amide bonds. The van der Waals surface area contributed by atoms with E-state index in [9.17, 15) is 24.0 Å². The zero-order chi connectivity index (χ0) is 90.1. The number of aromatic nitrogens is 12. The van der Waals surface area contributed by atoms with Crippen molar-refractivity contribution in [2.45, 2.75) is 268 Å². The Labute approximate surface area is 764 Å². The number of halogens is 4. The molecule has 3 aliphatic heterocycles. The first kappa shape index (κ1) is 99.2. The fraction of sp³-hybridized carbons (Fsp3) is 0.454. The van der Waals surface area contributed by atoms with E-state index in [1.165, 1.54) is 22.3 Å². The summed E-state index contributed by atoms with van der Waals surface area (Å²) in [5.74, 6) is 1.34. The van der Waals surface area contributed by atoms with Gasteiger partial charge in [-0.2, -0.15) is 0 Å². The third-order valence-electron chi connectivity index (χ3n) is 22.6. The van der Waals surface area contributed by atoms with Crippen molar-refractivity contribution in [3.05, 3.63) is 233 Å². The zero-order valence-corrected chi connectivity index (χ0v) is 81.3. The molecule has 0 radical (unpaired) electrons. The molecule has 25 nitrogen and oxygen atoms in total. The topological polar surface area (TPSA) is 279 Å². The molecule has 0 unspecified atom stereocenters. The Morgan fingerprint density at radius 3 is 1.13 bits per heavy atom. The van der Waals surface area contributed by atoms with Crippen LogP contribution in [0.4, 0.5) is 38.3 Å². The highest BCUT2D eigenvalue weighted by atomic mass is 35.5. The molecule has 29 heteroatoms. The van der Waals surface area contributed by atoms with Crippen LogP contribution < -0.4 is 38.4 Å². The third kappa shape index (κ3) is 21.1. The summed E-state index contributed by atoms with van der Waals surface area (Å²) in [6.07, 6.45) is 12.2. The molecular weight excluding hydrogens is 1670 g/mol. The lowest BCUT2D eigenvalue weighted by atomic mass is 9.83. The summed E-state index contributed by atoms with van der Waals surface area (Å²) in [4.78, 5) is 95.6. The molecule has 9 aromatic heterocycles. The monoisotopic (exact) mass is 1800 g/mol. The van der Waals surface area contributed by atoms with Crippen LogP contribution >= 0.6 is 48.8 Å². The zero-order valence-electron chi connectivity index (χ0n) is 78.1. The molecule has 0 atom stereocenters. The Hall–Kier alpha value is -10.6. The quantitative estimate of drug-likeness (QED) is 0.0731. The van der Waals surface area contributed by atoms with Crippen molar-refractivity contribution in [2.75, 3.05) is 36.0 Å². The standard InChI is InChI=1S/C34H44N6O3.C29H36N6O.C18H21ClN4O.C16H24N2O2.3ClH/c1-21(2)39-30(41)25-20-36-29(19-27(25)40(39)24-13-15-35-28(18-24)32(3,4)5)37-23-11-12-26-22(17-23)14-16-38(34(26,9)10)31(42)43-33(6,7)8;1-18(2)34-27(36)22-17-31-26(33-20-8-9-23-19(14-20)10-13-32-29(23,6)7)16-24(22)35(34)21-11-12-30-25(15-21)28(3,4)5;1-11(2)22-17(24)13-10-21-16(19)9-14(13)23(22)12-6-7-20-15(8-12)18(3,4)5;1-15(2,3)20-14(19)18-9-8-11-10-12(17)6-7-13(11)16(18,4)5;;;/h11-13,15,17-21H,14,16H2,1-10H3,(H,36,37);8-9,11-12,14-18,32H,10,13H2,1-7H3,(H,31,33);6-11H,1-5H3;6-7,10H,8-9,17H2,1-5H3;3*1H. The van der Waals surface area contributed by atoms with Gasteiger partial charge in [-0.25, -0.2) is 52.6 Å². The Kier molecular flexibility index (Phi) is 29.4. The number of hydrogen-bond acceptors (Lipinski definition) is 17. The smallest absolute Gasteiger partial charge is 0.411 e. The first-order valence-electron chi connectivity index (χ1n) is 42.7. The second kappa shape index (κ2) is 37.4. The molecule has 0 fully saturated rings. The summed E-state index contributed by atoms with van der Waals surface area (Å²) >= 11 is 6.08. The predicted octanol–water partition coefficient (Wildman–Crippen LogP) is 21.5. The van der Waals surface area contributed by atoms with Crippen LogP contribution in [0.15, 0.2) is 161 Å². The van der Waals surface area contributed by atoms with Gasteiger partial charge in [-0.3, -0.25) is 39.1 Å². The minimum atomic E-state index is -0.553. The van der Waals surface area contributed by atoms with Crippen molar-refractivity contribution in [1.82, 2.24) is 73.1 Å². The maximum atomic E-state index is 13.5. The number of carbonyl (C=O) groups is 2. The molecule has 0 bridgehead atoms. The van der Waals surface area contributed by atoms with Crippen molar-refractivity contribution < 1.29 is 19.1 Å². The number of hydrogen-bond donors (Lipinski definition) is 4. The summed E-state index contributed by atoms with van der Waals surface area (Å²) < 4.78 is 22.4. The van der Waals surface area contributed by atoms with Crippen molar-refractivity contribution in [2.24, 2.45) is 0 Å². The van der Waals surface area contributed by atoms with Crippen molar-refractivity contribution in [3.63, 3.8) is 0 Å². The maximum Gasteiger partial charge on any atom is 0.411 e. The van der Waals surface area contributed by atoms with Crippen LogP contribution in [0.5, 0.6) is 0 Å². The first-order valence-corrected chi connectivity index (χ1v) is 43.0. The number of pyridine rings is 6. The average molecular weight is 1800 g/mol. The van der Waals surface area contributed by atoms with Gasteiger partial charge in [0.05, 0.1) is 60.8 Å². The fourth-order valence-corrected chi connectivity index (χ4v) is 16.5. The second-order valence-electron chi connectivity index (χ2n) is 39.9. The van der Waals surface area contributed by atoms with Gasteiger partial charge >= 0.3 is 12.2 Å². The number of nitrogens with two attached hydrogens (primary N) is 1. The van der Waals surface area contributed by atoms with E-state index < -0.39 is 16.7 Å². The van der Waals surface area contributed by atoms with E-state index in [-0.39, 0.29) is 112 Å². The molecule has 15 rings (SSSR count). The van der Waals surface area contributed by atoms with Gasteiger partial charge in [-0.05, 0) is 257 Å². The molecule has 3 aromatic carbocycles. The highest BCUT2D eigenvalue weighted by Crippen LogP contribution is 2.41. The summed E-state index contributed by atoms with van der Waals surface area (Å²) in [6, 6.07) is 36.1. The van der Waals surface area contributed by atoms with Gasteiger partial charge in [0.25, 0.3) is 16.7 Å². The number of nitrogens with one attached hydrogen (secondary N) is 3. The van der Waals surface area contributed by atoms with Crippen LogP contribution in [0.1, 0.15) is 256 Å². The van der Waals surface area contributed by atoms with Gasteiger partial charge in [0.1, 0.15) is 28.0 Å². The summed E-state index contributed by atoms with van der Waals surface area (Å²) in [6.45, 7) is 57.3. The van der Waals surface area contributed by atoms with Gasteiger partial charge in [-0.1, -0.05) is 92.1 Å². The van der Waals surface area contributed by atoms with E-state index in [0.29, 0.717) is 46.0 Å². The van der Waals surface area contributed by atoms with Gasteiger partial charge in [0.2, 0.25) is 0 Å². The van der Waals surface area contributed by atoms with Crippen LogP contribution in [0.2, 0.25) is 5.15 Å². The molecule has 126 heavy (non-hydrogen) atoms. The SMILES string of the molecule is CC(C)(C)OC(=O)N1CCc2cc(N)ccc2C1(C)C.CC(C)n1c(=O)c2cnc(Cl)cc2n1-c1ccnc(C(C)(C)C)c1.CC(C)n1c(=O)c2cnc(Nc3ccc4c(c3)CCN(C(=O)OC(C)(C)C)C4(C)C)cc2n1-c1ccnc(C(C)(C)C)c1.CC(C)n1c(=O)c2cnc(Nc3ccc4c(c3)CCNC4(C)C)cc2n1-c1ccnc(C(C)(C)C)c1.Cl.Cl.Cl. The van der Waals surface area contributed by atoms with Gasteiger partial charge in [-0.15, -0.1) is 37.2 Å². The van der Waals surface area contributed by atoms with Crippen molar-refractivity contribution in [3.8, 4) is 17.1 Å². The number of rotatable bonds is 10. The third-order valence-corrected chi connectivity index (χ3v) is 22.8. The normalized spacial score (nSPS) is 14.7. The second-order valence-corrected chi connectivity index (χ2v) is 40.3. The number of carbonyl (C=O) groups excluding carboxylic acids is 2. The summed E-state index contributed by atoms with van der Waals surface area (Å²) in [5, 5.41) is 12.6. The Morgan fingerprint density at radius 1 is 0.437 bits per heavy atom. The number of anilines is 5. The lowest BCUT2D eigenvalue weighted by Crippen LogP contribution is -2.51. The molecule has 0 saturated carbocycles. The molecule has 3 aliphatic rings. The number of nitrogen functional groups attached to an aromatic ring is 1. The van der Waals surface area contributed by atoms with E-state index >= 15 is 0 Å². The Bertz CT molecular complexity index is 6190. The highest BCUT2D eigenvalue weighted by molar-refractivity contribution is 6.30. The van der Waals surface area contributed by atoms with E-state index in [0.717, 1.165) is 105 Å². The van der Waals surface area contributed by atoms with E-state index in [2.05, 4.69) is 178 Å². The van der Waals surface area contributed by atoms with Crippen LogP contribution in [-0.4, -0.2) is 111 Å². The first-order chi connectivity index (χ1) is 57.2. The summed E-state index contributed by atoms with van der Waals surface area (Å²) in [7, 11) is 0. The highest BCUT2D eigenvalue weighted by Gasteiger charge is 2.42. The molecule has 5 N–H and O–H groups in total. The van der Waals surface area contributed by atoms with Crippen molar-refractivity contribution in [1.29, 1.82) is 0 Å². The number of ether oxygens (including phenoxy) is 2. The van der Waals surface area contributed by atoms with Crippen LogP contribution in [0.25, 0.3) is 49.8 Å². The van der Waals surface area contributed by atoms with Gasteiger partial charge in [0, 0.05) is 143 Å². The molecule has 0 saturated heterocycles. The minimum absolute atomic E-state index is 0. The number of benzene rings is 3. The fourth-order valence-electron chi connectivity index (χ4n) is 16.4. The summed E-state index contributed by atoms with van der Waals surface area (Å²) in [5.41, 5.74) is 21.2. The lowest BCUT2D eigenvalue weighted by molar-refractivity contribution is -0.00147. The molecule has 0 aliphatic carbocycles. The molecule has 0 spiro atoms. The van der Waals surface area contributed by atoms with E-state index in [1.54, 1.807) is 56.0 Å². The minimum Gasteiger partial charge on any atom is -0.444 e. The predicted molar refractivity (Wildman–Crippen MR) is 518 cm³/mol.